The second-order valence-corrected chi connectivity index (χ2v) is 5.15. The lowest BCUT2D eigenvalue weighted by Gasteiger charge is -2.17. The maximum absolute atomic E-state index is 3.21. The first kappa shape index (κ1) is 12.6. The Hall–Kier alpha value is -0.900. The van der Waals surface area contributed by atoms with Crippen molar-refractivity contribution in [2.75, 3.05) is 34.2 Å². The first-order valence-corrected chi connectivity index (χ1v) is 6.31. The van der Waals surface area contributed by atoms with E-state index < -0.39 is 0 Å². The van der Waals surface area contributed by atoms with Gasteiger partial charge in [-0.3, -0.25) is 4.90 Å². The van der Waals surface area contributed by atoms with Crippen LogP contribution in [-0.4, -0.2) is 44.0 Å². The lowest BCUT2D eigenvalue weighted by Crippen LogP contribution is -2.27. The Labute approximate surface area is 104 Å². The molecule has 17 heavy (non-hydrogen) atoms. The van der Waals surface area contributed by atoms with Crippen LogP contribution in [-0.2, 0) is 19.6 Å². The van der Waals surface area contributed by atoms with E-state index in [0.29, 0.717) is 0 Å². The average molecular weight is 233 g/mol. The van der Waals surface area contributed by atoms with Crippen LogP contribution in [0.3, 0.4) is 0 Å². The second kappa shape index (κ2) is 5.63. The molecule has 3 heteroatoms. The van der Waals surface area contributed by atoms with Gasteiger partial charge < -0.3 is 10.2 Å². The van der Waals surface area contributed by atoms with Crippen LogP contribution < -0.4 is 5.32 Å². The van der Waals surface area contributed by atoms with Gasteiger partial charge in [0.15, 0.2) is 0 Å². The van der Waals surface area contributed by atoms with E-state index in [-0.39, 0.29) is 0 Å². The molecule has 0 spiro atoms. The fraction of sp³-hybridized carbons (Fsp3) is 0.571. The van der Waals surface area contributed by atoms with Crippen molar-refractivity contribution < 1.29 is 0 Å². The van der Waals surface area contributed by atoms with Gasteiger partial charge in [-0.1, -0.05) is 18.2 Å². The summed E-state index contributed by atoms with van der Waals surface area (Å²) in [5.41, 5.74) is 4.40. The highest BCUT2D eigenvalue weighted by atomic mass is 15.2. The fourth-order valence-electron chi connectivity index (χ4n) is 2.33. The van der Waals surface area contributed by atoms with Gasteiger partial charge in [-0.05, 0) is 37.8 Å². The number of hydrogen-bond donors (Lipinski definition) is 1. The van der Waals surface area contributed by atoms with E-state index in [0.717, 1.165) is 32.7 Å². The zero-order chi connectivity index (χ0) is 12.3. The van der Waals surface area contributed by atoms with Crippen LogP contribution >= 0.6 is 0 Å². The van der Waals surface area contributed by atoms with Crippen LogP contribution in [0.25, 0.3) is 0 Å². The highest BCUT2D eigenvalue weighted by Crippen LogP contribution is 2.23. The minimum absolute atomic E-state index is 0.963. The molecule has 1 aliphatic heterocycles. The van der Waals surface area contributed by atoms with Crippen molar-refractivity contribution in [1.82, 2.24) is 15.1 Å². The summed E-state index contributed by atoms with van der Waals surface area (Å²) in [6.45, 7) is 5.48. The Kier molecular flexibility index (Phi) is 4.15. The quantitative estimate of drug-likeness (QED) is 0.826. The monoisotopic (exact) mass is 233 g/mol. The van der Waals surface area contributed by atoms with E-state index >= 15 is 0 Å². The van der Waals surface area contributed by atoms with Gasteiger partial charge in [0.05, 0.1) is 0 Å². The Morgan fingerprint density at radius 3 is 2.71 bits per heavy atom. The molecular weight excluding hydrogens is 210 g/mol. The van der Waals surface area contributed by atoms with E-state index in [1.54, 1.807) is 0 Å². The van der Waals surface area contributed by atoms with E-state index in [4.69, 9.17) is 0 Å². The molecule has 1 aliphatic rings. The second-order valence-electron chi connectivity index (χ2n) is 5.15. The number of nitrogens with one attached hydrogen (secondary N) is 1. The zero-order valence-electron chi connectivity index (χ0n) is 11.2. The summed E-state index contributed by atoms with van der Waals surface area (Å²) in [4.78, 5) is 4.77. The van der Waals surface area contributed by atoms with Gasteiger partial charge in [0.2, 0.25) is 0 Å². The molecular formula is C14H23N3. The summed E-state index contributed by atoms with van der Waals surface area (Å²) in [6, 6.07) is 6.88. The molecule has 0 saturated carbocycles. The largest absolute Gasteiger partial charge is 0.316 e. The highest BCUT2D eigenvalue weighted by molar-refractivity contribution is 5.34. The van der Waals surface area contributed by atoms with Crippen LogP contribution in [0.15, 0.2) is 18.2 Å². The molecule has 3 nitrogen and oxygen atoms in total. The Morgan fingerprint density at radius 2 is 2.00 bits per heavy atom. The Balaban J connectivity index is 1.96. The molecule has 0 atom stereocenters. The van der Waals surface area contributed by atoms with Crippen molar-refractivity contribution in [3.8, 4) is 0 Å². The van der Waals surface area contributed by atoms with Crippen molar-refractivity contribution in [2.45, 2.75) is 19.6 Å². The third-order valence-electron chi connectivity index (χ3n) is 3.30. The van der Waals surface area contributed by atoms with Gasteiger partial charge in [-0.2, -0.15) is 0 Å². The van der Waals surface area contributed by atoms with Gasteiger partial charge in [-0.15, -0.1) is 0 Å². The number of benzene rings is 1. The lowest BCUT2D eigenvalue weighted by molar-refractivity contribution is 0.246. The van der Waals surface area contributed by atoms with Crippen molar-refractivity contribution in [3.05, 3.63) is 34.9 Å². The molecule has 0 amide bonds. The molecule has 1 aromatic rings. The van der Waals surface area contributed by atoms with Gasteiger partial charge >= 0.3 is 0 Å². The summed E-state index contributed by atoms with van der Waals surface area (Å²) in [7, 11) is 6.26. The first-order valence-electron chi connectivity index (χ1n) is 6.31. The molecule has 0 aromatic heterocycles. The third kappa shape index (κ3) is 3.28. The summed E-state index contributed by atoms with van der Waals surface area (Å²) < 4.78 is 0. The Bertz CT molecular complexity index is 374. The fourth-order valence-corrected chi connectivity index (χ4v) is 2.33. The first-order chi connectivity index (χ1) is 8.19. The van der Waals surface area contributed by atoms with Crippen LogP contribution in [0.5, 0.6) is 0 Å². The molecule has 94 valence electrons. The lowest BCUT2D eigenvalue weighted by atomic mass is 10.1. The van der Waals surface area contributed by atoms with Gasteiger partial charge in [0.25, 0.3) is 0 Å². The number of fused-ring (bicyclic) bond motifs is 1. The zero-order valence-corrected chi connectivity index (χ0v) is 11.2. The molecule has 0 bridgehead atoms. The van der Waals surface area contributed by atoms with E-state index in [1.807, 2.05) is 7.05 Å². The predicted octanol–water partition coefficient (Wildman–Crippen LogP) is 1.28. The maximum Gasteiger partial charge on any atom is 0.0241 e. The molecule has 2 rings (SSSR count). The normalized spacial score (nSPS) is 15.5. The van der Waals surface area contributed by atoms with Gasteiger partial charge in [0, 0.05) is 32.7 Å². The standard InChI is InChI=1S/C14H23N3/c1-15-9-12-4-5-13-10-17(7-6-16(2)3)11-14(13)8-12/h4-5,8,15H,6-7,9-11H2,1-3H3. The number of likely N-dealkylation sites (N-methyl/N-ethyl adjacent to an activating group) is 1. The van der Waals surface area contributed by atoms with E-state index in [1.165, 1.54) is 16.7 Å². The van der Waals surface area contributed by atoms with Crippen molar-refractivity contribution in [3.63, 3.8) is 0 Å². The van der Waals surface area contributed by atoms with Crippen LogP contribution in [0.2, 0.25) is 0 Å². The highest BCUT2D eigenvalue weighted by Gasteiger charge is 2.18. The van der Waals surface area contributed by atoms with Crippen LogP contribution in [0, 0.1) is 0 Å². The summed E-state index contributed by atoms with van der Waals surface area (Å²) in [5.74, 6) is 0. The topological polar surface area (TPSA) is 18.5 Å². The molecule has 1 aromatic carbocycles. The van der Waals surface area contributed by atoms with Crippen molar-refractivity contribution in [2.24, 2.45) is 0 Å². The van der Waals surface area contributed by atoms with E-state index in [9.17, 15) is 0 Å². The predicted molar refractivity (Wildman–Crippen MR) is 71.9 cm³/mol. The summed E-state index contributed by atoms with van der Waals surface area (Å²) in [5, 5.41) is 3.21. The molecule has 1 N–H and O–H groups in total. The summed E-state index contributed by atoms with van der Waals surface area (Å²) in [6.07, 6.45) is 0. The minimum Gasteiger partial charge on any atom is -0.316 e. The molecule has 1 heterocycles. The van der Waals surface area contributed by atoms with Crippen molar-refractivity contribution >= 4 is 0 Å². The smallest absolute Gasteiger partial charge is 0.0241 e. The minimum atomic E-state index is 0.963. The Morgan fingerprint density at radius 1 is 1.24 bits per heavy atom. The van der Waals surface area contributed by atoms with Gasteiger partial charge in [0.1, 0.15) is 0 Å². The number of nitrogens with zero attached hydrogens (tertiary/aromatic N) is 2. The molecule has 0 saturated heterocycles. The average Bonchev–Trinajstić information content (AvgIpc) is 2.69. The SMILES string of the molecule is CNCc1ccc2c(c1)CN(CCN(C)C)C2. The molecule has 0 unspecified atom stereocenters. The van der Waals surface area contributed by atoms with Gasteiger partial charge in [-0.25, -0.2) is 0 Å². The van der Waals surface area contributed by atoms with Crippen LogP contribution in [0.1, 0.15) is 16.7 Å². The third-order valence-corrected chi connectivity index (χ3v) is 3.30. The molecule has 0 fully saturated rings. The maximum atomic E-state index is 3.21. The van der Waals surface area contributed by atoms with Crippen LogP contribution in [0.4, 0.5) is 0 Å². The van der Waals surface area contributed by atoms with E-state index in [2.05, 4.69) is 47.4 Å². The van der Waals surface area contributed by atoms with Crippen molar-refractivity contribution in [1.29, 1.82) is 0 Å². The molecule has 0 aliphatic carbocycles. The summed E-state index contributed by atoms with van der Waals surface area (Å²) >= 11 is 0. The molecule has 0 radical (unpaired) electrons. The number of hydrogen-bond acceptors (Lipinski definition) is 3. The number of rotatable bonds is 5.